The summed E-state index contributed by atoms with van der Waals surface area (Å²) in [7, 11) is -12.6. The van der Waals surface area contributed by atoms with Crippen molar-refractivity contribution < 1.29 is 25.2 Å². The molecule has 0 fully saturated rings. The monoisotopic (exact) mass is 498 g/mol. The Balaban J connectivity index is 0.000000383. The van der Waals surface area contributed by atoms with E-state index in [1.807, 2.05) is 0 Å². The maximum atomic E-state index is 9.87. The third-order valence-electron chi connectivity index (χ3n) is 4.85. The molecule has 0 aliphatic heterocycles. The number of hydrogen-bond donors (Lipinski definition) is 0. The second-order valence-electron chi connectivity index (χ2n) is 7.47. The fourth-order valence-electron chi connectivity index (χ4n) is 3.62. The van der Waals surface area contributed by atoms with E-state index in [9.17, 15) is 25.2 Å². The van der Waals surface area contributed by atoms with E-state index in [0.29, 0.717) is 0 Å². The van der Waals surface area contributed by atoms with E-state index in [1.165, 1.54) is 26.8 Å². The van der Waals surface area contributed by atoms with Crippen LogP contribution >= 0.6 is 15.1 Å². The summed E-state index contributed by atoms with van der Waals surface area (Å²) in [5.74, 6) is 0. The number of aryl methyl sites for hydroxylation is 1. The fourth-order valence-corrected chi connectivity index (χ4v) is 7.86. The van der Waals surface area contributed by atoms with E-state index in [2.05, 4.69) is 122 Å². The van der Waals surface area contributed by atoms with Crippen LogP contribution in [0.2, 0.25) is 0 Å². The summed E-state index contributed by atoms with van der Waals surface area (Å²) in [6, 6.07) is 42.1. The van der Waals surface area contributed by atoms with Crippen molar-refractivity contribution >= 4 is 36.3 Å². The van der Waals surface area contributed by atoms with Crippen molar-refractivity contribution in [2.75, 3.05) is 0 Å². The van der Waals surface area contributed by atoms with Crippen molar-refractivity contribution in [2.24, 2.45) is 0 Å². The van der Waals surface area contributed by atoms with Gasteiger partial charge >= 0.3 is 33.0 Å². The van der Waals surface area contributed by atoms with Gasteiger partial charge in [-0.15, -0.1) is 0 Å². The van der Waals surface area contributed by atoms with Crippen LogP contribution in [0.5, 0.6) is 0 Å². The zero-order valence-corrected chi connectivity index (χ0v) is 19.4. The van der Waals surface area contributed by atoms with Gasteiger partial charge in [-0.25, -0.2) is 0 Å². The van der Waals surface area contributed by atoms with Gasteiger partial charge in [0.2, 0.25) is 0 Å². The molecular weight excluding hydrogens is 476 g/mol. The van der Waals surface area contributed by atoms with Crippen LogP contribution in [0.25, 0.3) is 0 Å². The van der Waals surface area contributed by atoms with Crippen LogP contribution in [0.4, 0.5) is 25.2 Å². The summed E-state index contributed by atoms with van der Waals surface area (Å²) < 4.78 is 59.2. The van der Waals surface area contributed by atoms with Crippen molar-refractivity contribution in [3.63, 3.8) is 0 Å². The number of halogens is 6. The number of hydrogen-bond acceptors (Lipinski definition) is 0. The molecule has 0 bridgehead atoms. The summed E-state index contributed by atoms with van der Waals surface area (Å²) in [6.45, 7) is 2.15. The molecule has 0 unspecified atom stereocenters. The van der Waals surface area contributed by atoms with E-state index in [-0.39, 0.29) is 0 Å². The van der Waals surface area contributed by atoms with E-state index in [0.717, 1.165) is 0 Å². The molecule has 0 amide bonds. The Morgan fingerprint density at radius 1 is 0.424 bits per heavy atom. The normalized spacial score (nSPS) is 13.8. The zero-order chi connectivity index (χ0) is 24.2. The van der Waals surface area contributed by atoms with Gasteiger partial charge in [-0.05, 0) is 55.5 Å². The van der Waals surface area contributed by atoms with Crippen molar-refractivity contribution in [3.05, 3.63) is 121 Å². The summed E-state index contributed by atoms with van der Waals surface area (Å²) in [5.41, 5.74) is 1.29. The Labute approximate surface area is 189 Å². The van der Waals surface area contributed by atoms with Gasteiger partial charge in [0.1, 0.15) is 28.5 Å². The number of benzene rings is 4. The molecule has 0 N–H and O–H groups in total. The SMILES string of the molecule is Cc1ccc([P+](c2ccccc2)(c2ccccc2)c2ccccc2)cc1.F[P-](F)(F)(F)(F)F. The molecule has 0 nitrogen and oxygen atoms in total. The van der Waals surface area contributed by atoms with Gasteiger partial charge in [0.25, 0.3) is 0 Å². The van der Waals surface area contributed by atoms with Crippen LogP contribution in [-0.4, -0.2) is 0 Å². The Kier molecular flexibility index (Phi) is 6.50. The third-order valence-corrected chi connectivity index (χ3v) is 9.14. The molecule has 0 radical (unpaired) electrons. The first kappa shape index (κ1) is 25.0. The molecule has 0 aliphatic rings. The molecule has 0 heterocycles. The van der Waals surface area contributed by atoms with E-state index < -0.39 is 15.1 Å². The minimum absolute atomic E-state index is 1.29. The molecule has 0 saturated carbocycles. The number of rotatable bonds is 4. The predicted molar refractivity (Wildman–Crippen MR) is 130 cm³/mol. The van der Waals surface area contributed by atoms with Crippen LogP contribution in [0, 0.1) is 6.92 Å². The van der Waals surface area contributed by atoms with Crippen LogP contribution in [0.15, 0.2) is 115 Å². The van der Waals surface area contributed by atoms with Gasteiger partial charge in [-0.1, -0.05) is 72.3 Å². The first-order valence-electron chi connectivity index (χ1n) is 9.96. The van der Waals surface area contributed by atoms with Gasteiger partial charge in [0.05, 0.1) is 0 Å². The molecule has 8 heteroatoms. The van der Waals surface area contributed by atoms with Crippen molar-refractivity contribution in [1.82, 2.24) is 0 Å². The van der Waals surface area contributed by atoms with Gasteiger partial charge < -0.3 is 0 Å². The second-order valence-corrected chi connectivity index (χ2v) is 12.8. The average Bonchev–Trinajstić information content (AvgIpc) is 2.76. The third kappa shape index (κ3) is 7.15. The molecule has 0 saturated heterocycles. The van der Waals surface area contributed by atoms with Crippen LogP contribution in [0.3, 0.4) is 0 Å². The summed E-state index contributed by atoms with van der Waals surface area (Å²) in [5, 5.41) is 5.57. The fraction of sp³-hybridized carbons (Fsp3) is 0.0400. The first-order chi connectivity index (χ1) is 15.3. The van der Waals surface area contributed by atoms with Crippen LogP contribution < -0.4 is 21.2 Å². The summed E-state index contributed by atoms with van der Waals surface area (Å²) >= 11 is 0. The zero-order valence-electron chi connectivity index (χ0n) is 17.6. The standard InChI is InChI=1S/C25H22P.F6P/c1-21-17-19-25(20-18-21)26(22-11-5-2-6-12-22,23-13-7-3-8-14-23)24-15-9-4-10-16-24;1-7(2,3,4,5)6/h2-20H,1H3;/q+1;-1. The molecule has 0 aliphatic carbocycles. The Hall–Kier alpha value is -2.68. The minimum atomic E-state index is -10.7. The Bertz CT molecular complexity index is 1070. The molecule has 33 heavy (non-hydrogen) atoms. The van der Waals surface area contributed by atoms with E-state index in [1.54, 1.807) is 0 Å². The quantitative estimate of drug-likeness (QED) is 0.198. The summed E-state index contributed by atoms with van der Waals surface area (Å²) in [4.78, 5) is 0. The van der Waals surface area contributed by atoms with Crippen molar-refractivity contribution in [2.45, 2.75) is 6.92 Å². The predicted octanol–water partition coefficient (Wildman–Crippen LogP) is 8.00. The van der Waals surface area contributed by atoms with Crippen molar-refractivity contribution in [3.8, 4) is 0 Å². The molecule has 174 valence electrons. The molecular formula is C25H22F6P2. The summed E-state index contributed by atoms with van der Waals surface area (Å²) in [6.07, 6.45) is 0. The molecule has 4 aromatic carbocycles. The first-order valence-corrected chi connectivity index (χ1v) is 13.8. The molecule has 4 aromatic rings. The topological polar surface area (TPSA) is 0 Å². The molecule has 0 spiro atoms. The second kappa shape index (κ2) is 8.59. The van der Waals surface area contributed by atoms with Gasteiger partial charge in [0.15, 0.2) is 0 Å². The molecule has 0 aromatic heterocycles. The maximum absolute atomic E-state index is 10.7. The van der Waals surface area contributed by atoms with Gasteiger partial charge in [0, 0.05) is 0 Å². The average molecular weight is 498 g/mol. The van der Waals surface area contributed by atoms with Crippen molar-refractivity contribution in [1.29, 1.82) is 0 Å². The Morgan fingerprint density at radius 3 is 0.939 bits per heavy atom. The van der Waals surface area contributed by atoms with E-state index in [4.69, 9.17) is 0 Å². The van der Waals surface area contributed by atoms with E-state index >= 15 is 0 Å². The van der Waals surface area contributed by atoms with Crippen LogP contribution in [0.1, 0.15) is 5.56 Å². The van der Waals surface area contributed by atoms with Crippen LogP contribution in [-0.2, 0) is 0 Å². The van der Waals surface area contributed by atoms with Gasteiger partial charge in [-0.2, -0.15) is 0 Å². The Morgan fingerprint density at radius 2 is 0.667 bits per heavy atom. The molecule has 0 atom stereocenters. The molecule has 4 rings (SSSR count). The van der Waals surface area contributed by atoms with Gasteiger partial charge in [-0.3, -0.25) is 0 Å².